The highest BCUT2D eigenvalue weighted by atomic mass is 16.7. The highest BCUT2D eigenvalue weighted by molar-refractivity contribution is 5.95. The maximum atomic E-state index is 13.9. The van der Waals surface area contributed by atoms with Gasteiger partial charge in [-0.15, -0.1) is 0 Å². The number of piperidine rings is 1. The molecular weight excluding hydrogens is 526 g/mol. The second-order valence-electron chi connectivity index (χ2n) is 10.9. The molecule has 3 unspecified atom stereocenters. The summed E-state index contributed by atoms with van der Waals surface area (Å²) in [5.74, 6) is 1.11. The Kier molecular flexibility index (Phi) is 7.77. The number of para-hydroxylation sites is 1. The summed E-state index contributed by atoms with van der Waals surface area (Å²) in [6.07, 6.45) is 3.54. The highest BCUT2D eigenvalue weighted by Gasteiger charge is 2.51. The molecule has 4 aliphatic heterocycles. The molecule has 4 heterocycles. The van der Waals surface area contributed by atoms with Crippen molar-refractivity contribution in [3.63, 3.8) is 0 Å². The summed E-state index contributed by atoms with van der Waals surface area (Å²) in [6, 6.07) is 15.7. The number of carbonyl (C=O) groups is 2. The van der Waals surface area contributed by atoms with Crippen molar-refractivity contribution in [1.82, 2.24) is 10.2 Å². The van der Waals surface area contributed by atoms with Gasteiger partial charge in [0.15, 0.2) is 17.3 Å². The van der Waals surface area contributed by atoms with Gasteiger partial charge in [0.1, 0.15) is 5.54 Å². The van der Waals surface area contributed by atoms with Gasteiger partial charge in [-0.2, -0.15) is 0 Å². The molecule has 41 heavy (non-hydrogen) atoms. The molecule has 0 saturated carbocycles. The molecule has 2 fully saturated rings. The molecule has 3 atom stereocenters. The van der Waals surface area contributed by atoms with Gasteiger partial charge in [-0.05, 0) is 68.5 Å². The SMILES string of the molecule is CCOC1OC(C(=O)N2CCC3(CC2)C(=O)NCN3c2ccccc2)=CC(c2ccc3c(c2)OCO3)C1CCCO. The topological polar surface area (TPSA) is 110 Å². The molecule has 6 rings (SSSR count). The number of fused-ring (bicyclic) bond motifs is 1. The number of hydrogen-bond acceptors (Lipinski definition) is 8. The zero-order valence-corrected chi connectivity index (χ0v) is 23.3. The average molecular weight is 564 g/mol. The third-order valence-electron chi connectivity index (χ3n) is 8.69. The predicted octanol–water partition coefficient (Wildman–Crippen LogP) is 3.12. The molecule has 4 aliphatic rings. The lowest BCUT2D eigenvalue weighted by Gasteiger charge is -2.44. The highest BCUT2D eigenvalue weighted by Crippen LogP contribution is 2.43. The number of hydrogen-bond donors (Lipinski definition) is 2. The van der Waals surface area contributed by atoms with E-state index in [0.717, 1.165) is 11.3 Å². The second kappa shape index (κ2) is 11.6. The summed E-state index contributed by atoms with van der Waals surface area (Å²) < 4.78 is 23.4. The van der Waals surface area contributed by atoms with E-state index in [1.165, 1.54) is 0 Å². The lowest BCUT2D eigenvalue weighted by molar-refractivity contribution is -0.171. The normalized spacial score (nSPS) is 24.7. The fraction of sp³-hybridized carbons (Fsp3) is 0.484. The number of carbonyl (C=O) groups excluding carboxylic acids is 2. The van der Waals surface area contributed by atoms with Gasteiger partial charge >= 0.3 is 0 Å². The molecule has 2 N–H and O–H groups in total. The summed E-state index contributed by atoms with van der Waals surface area (Å²) in [5, 5.41) is 12.6. The third kappa shape index (κ3) is 5.10. The van der Waals surface area contributed by atoms with E-state index in [1.54, 1.807) is 4.90 Å². The van der Waals surface area contributed by atoms with E-state index in [-0.39, 0.29) is 42.8 Å². The van der Waals surface area contributed by atoms with Crippen LogP contribution in [0.3, 0.4) is 0 Å². The summed E-state index contributed by atoms with van der Waals surface area (Å²) >= 11 is 0. The molecule has 10 nitrogen and oxygen atoms in total. The van der Waals surface area contributed by atoms with Gasteiger partial charge in [-0.25, -0.2) is 0 Å². The summed E-state index contributed by atoms with van der Waals surface area (Å²) in [7, 11) is 0. The van der Waals surface area contributed by atoms with Gasteiger partial charge in [0.25, 0.3) is 5.91 Å². The molecule has 1 spiro atoms. The third-order valence-corrected chi connectivity index (χ3v) is 8.69. The number of nitrogens with zero attached hydrogens (tertiary/aromatic N) is 2. The number of aliphatic hydroxyl groups is 1. The van der Waals surface area contributed by atoms with Crippen LogP contribution in [0.25, 0.3) is 0 Å². The van der Waals surface area contributed by atoms with Crippen molar-refractivity contribution in [3.8, 4) is 11.5 Å². The minimum absolute atomic E-state index is 0.00703. The number of benzene rings is 2. The van der Waals surface area contributed by atoms with E-state index in [0.29, 0.717) is 63.5 Å². The number of nitrogens with one attached hydrogen (secondary N) is 1. The molecule has 0 aliphatic carbocycles. The van der Waals surface area contributed by atoms with Crippen molar-refractivity contribution in [3.05, 3.63) is 65.9 Å². The van der Waals surface area contributed by atoms with E-state index in [1.807, 2.05) is 61.5 Å². The van der Waals surface area contributed by atoms with Crippen LogP contribution in [-0.2, 0) is 19.1 Å². The van der Waals surface area contributed by atoms with Crippen LogP contribution in [0.5, 0.6) is 11.5 Å². The Morgan fingerprint density at radius 2 is 1.90 bits per heavy atom. The molecule has 218 valence electrons. The predicted molar refractivity (Wildman–Crippen MR) is 150 cm³/mol. The number of amides is 2. The first-order chi connectivity index (χ1) is 20.0. The number of anilines is 1. The Balaban J connectivity index is 1.25. The monoisotopic (exact) mass is 563 g/mol. The standard InChI is InChI=1S/C31H37N3O7/c1-2-38-29-23(9-6-16-35)24(21-10-11-25-26(17-21)40-20-39-25)18-27(41-29)28(36)33-14-12-31(13-15-33)30(37)32-19-34(31)22-7-4-3-5-8-22/h3-5,7-8,10-11,17-18,23-24,29,35H,2,6,9,12-16,19-20H2,1H3,(H,32,37). The van der Waals surface area contributed by atoms with Crippen LogP contribution in [0.2, 0.25) is 0 Å². The largest absolute Gasteiger partial charge is 0.459 e. The molecule has 0 radical (unpaired) electrons. The van der Waals surface area contributed by atoms with Gasteiger partial charge in [0.05, 0.1) is 6.67 Å². The molecule has 2 aromatic carbocycles. The summed E-state index contributed by atoms with van der Waals surface area (Å²) in [5.41, 5.74) is 1.27. The summed E-state index contributed by atoms with van der Waals surface area (Å²) in [6.45, 7) is 3.87. The van der Waals surface area contributed by atoms with E-state index in [9.17, 15) is 14.7 Å². The minimum atomic E-state index is -0.682. The van der Waals surface area contributed by atoms with Crippen molar-refractivity contribution in [1.29, 1.82) is 0 Å². The number of aliphatic hydroxyl groups excluding tert-OH is 1. The first-order valence-electron chi connectivity index (χ1n) is 14.4. The molecular formula is C31H37N3O7. The number of likely N-dealkylation sites (tertiary alicyclic amines) is 1. The van der Waals surface area contributed by atoms with Crippen molar-refractivity contribution < 1.29 is 33.6 Å². The Labute approximate surface area is 239 Å². The number of allylic oxidation sites excluding steroid dienone is 1. The quantitative estimate of drug-likeness (QED) is 0.504. The average Bonchev–Trinajstić information content (AvgIpc) is 3.60. The van der Waals surface area contributed by atoms with Gasteiger partial charge in [0, 0.05) is 43.8 Å². The lowest BCUT2D eigenvalue weighted by Crippen LogP contribution is -2.57. The Bertz CT molecular complexity index is 1290. The molecule has 0 aromatic heterocycles. The Morgan fingerprint density at radius 1 is 1.12 bits per heavy atom. The fourth-order valence-electron chi connectivity index (χ4n) is 6.53. The molecule has 2 saturated heterocycles. The van der Waals surface area contributed by atoms with Crippen LogP contribution in [0.15, 0.2) is 60.4 Å². The van der Waals surface area contributed by atoms with Crippen LogP contribution >= 0.6 is 0 Å². The maximum absolute atomic E-state index is 13.9. The van der Waals surface area contributed by atoms with Gasteiger partial charge in [-0.1, -0.05) is 24.3 Å². The van der Waals surface area contributed by atoms with E-state index in [4.69, 9.17) is 18.9 Å². The van der Waals surface area contributed by atoms with E-state index < -0.39 is 11.8 Å². The minimum Gasteiger partial charge on any atom is -0.459 e. The molecule has 2 amide bonds. The zero-order chi connectivity index (χ0) is 28.4. The fourth-order valence-corrected chi connectivity index (χ4v) is 6.53. The van der Waals surface area contributed by atoms with Gasteiger partial charge < -0.3 is 39.2 Å². The van der Waals surface area contributed by atoms with Crippen LogP contribution < -0.4 is 19.7 Å². The second-order valence-corrected chi connectivity index (χ2v) is 10.9. The van der Waals surface area contributed by atoms with Crippen molar-refractivity contribution >= 4 is 17.5 Å². The van der Waals surface area contributed by atoms with Crippen LogP contribution in [-0.4, -0.2) is 73.4 Å². The maximum Gasteiger partial charge on any atom is 0.288 e. The number of ether oxygens (including phenoxy) is 4. The number of rotatable bonds is 8. The van der Waals surface area contributed by atoms with Gasteiger partial charge in [0.2, 0.25) is 19.0 Å². The van der Waals surface area contributed by atoms with E-state index in [2.05, 4.69) is 10.2 Å². The van der Waals surface area contributed by atoms with Crippen molar-refractivity contribution in [2.75, 3.05) is 44.7 Å². The van der Waals surface area contributed by atoms with Gasteiger partial charge in [-0.3, -0.25) is 9.59 Å². The smallest absolute Gasteiger partial charge is 0.288 e. The van der Waals surface area contributed by atoms with Crippen molar-refractivity contribution in [2.45, 2.75) is 50.4 Å². The van der Waals surface area contributed by atoms with Crippen molar-refractivity contribution in [2.24, 2.45) is 5.92 Å². The first kappa shape index (κ1) is 27.4. The van der Waals surface area contributed by atoms with Crippen LogP contribution in [0.1, 0.15) is 44.1 Å². The van der Waals surface area contributed by atoms with Crippen LogP contribution in [0.4, 0.5) is 5.69 Å². The van der Waals surface area contributed by atoms with Crippen LogP contribution in [0, 0.1) is 5.92 Å². The first-order valence-corrected chi connectivity index (χ1v) is 14.4. The molecule has 10 heteroatoms. The Morgan fingerprint density at radius 3 is 2.66 bits per heavy atom. The zero-order valence-electron chi connectivity index (χ0n) is 23.3. The lowest BCUT2D eigenvalue weighted by atomic mass is 9.80. The molecule has 2 aromatic rings. The van der Waals surface area contributed by atoms with E-state index >= 15 is 0 Å². The Hall–Kier alpha value is -3.76. The molecule has 0 bridgehead atoms. The summed E-state index contributed by atoms with van der Waals surface area (Å²) in [4.78, 5) is 30.9.